The second kappa shape index (κ2) is 7.36. The molecule has 0 unspecified atom stereocenters. The van der Waals surface area contributed by atoms with Crippen LogP contribution < -0.4 is 4.74 Å². The predicted octanol–water partition coefficient (Wildman–Crippen LogP) is 2.76. The molecule has 2 aromatic rings. The van der Waals surface area contributed by atoms with Crippen molar-refractivity contribution in [2.75, 3.05) is 13.7 Å². The van der Waals surface area contributed by atoms with Gasteiger partial charge >= 0.3 is 6.18 Å². The van der Waals surface area contributed by atoms with Crippen LogP contribution >= 0.6 is 0 Å². The number of alkyl halides is 3. The van der Waals surface area contributed by atoms with Crippen LogP contribution in [0.25, 0.3) is 0 Å². The average molecular weight is 339 g/mol. The highest BCUT2D eigenvalue weighted by Crippen LogP contribution is 2.31. The van der Waals surface area contributed by atoms with Crippen molar-refractivity contribution in [3.8, 4) is 11.8 Å². The monoisotopic (exact) mass is 339 g/mol. The molecular formula is C16H16F3N3O2. The van der Waals surface area contributed by atoms with Crippen LogP contribution in [0, 0.1) is 11.3 Å². The van der Waals surface area contributed by atoms with Crippen LogP contribution in [0.5, 0.6) is 5.75 Å². The summed E-state index contributed by atoms with van der Waals surface area (Å²) >= 11 is 0. The molecule has 0 aliphatic carbocycles. The lowest BCUT2D eigenvalue weighted by Gasteiger charge is -2.06. The number of aryl methyl sites for hydroxylation is 1. The van der Waals surface area contributed by atoms with Gasteiger partial charge in [0.2, 0.25) is 0 Å². The molecule has 8 heteroatoms. The smallest absolute Gasteiger partial charge is 0.435 e. The molecule has 0 aliphatic heterocycles. The standard InChI is InChI=1S/C16H16F3N3O2/c1-24-14-5-4-11(7-13(14)8-20)9-22-10-12(3-2-6-23)15(21-22)16(17,18)19/h4-5,7,10,23H,2-3,6,9H2,1H3. The number of rotatable bonds is 6. The third kappa shape index (κ3) is 4.06. The molecule has 0 amide bonds. The number of benzene rings is 1. The van der Waals surface area contributed by atoms with Gasteiger partial charge in [-0.1, -0.05) is 6.07 Å². The molecule has 0 spiro atoms. The molecule has 2 rings (SSSR count). The Labute approximate surface area is 136 Å². The number of aliphatic hydroxyl groups is 1. The molecule has 1 aromatic heterocycles. The molecule has 0 atom stereocenters. The number of aliphatic hydroxyl groups excluding tert-OH is 1. The fourth-order valence-corrected chi connectivity index (χ4v) is 2.36. The molecule has 0 bridgehead atoms. The van der Waals surface area contributed by atoms with E-state index in [-0.39, 0.29) is 31.6 Å². The number of ether oxygens (including phenoxy) is 1. The Morgan fingerprint density at radius 2 is 2.12 bits per heavy atom. The Morgan fingerprint density at radius 3 is 2.71 bits per heavy atom. The molecule has 24 heavy (non-hydrogen) atoms. The van der Waals surface area contributed by atoms with Crippen LogP contribution in [-0.4, -0.2) is 28.6 Å². The third-order valence-corrected chi connectivity index (χ3v) is 3.44. The maximum absolute atomic E-state index is 13.0. The summed E-state index contributed by atoms with van der Waals surface area (Å²) in [7, 11) is 1.44. The Morgan fingerprint density at radius 1 is 1.38 bits per heavy atom. The van der Waals surface area contributed by atoms with Gasteiger partial charge < -0.3 is 9.84 Å². The molecule has 0 fully saturated rings. The van der Waals surface area contributed by atoms with Gasteiger partial charge in [0.05, 0.1) is 19.2 Å². The van der Waals surface area contributed by atoms with Crippen LogP contribution in [0.15, 0.2) is 24.4 Å². The molecule has 1 aromatic carbocycles. The van der Waals surface area contributed by atoms with Gasteiger partial charge in [-0.05, 0) is 30.5 Å². The minimum atomic E-state index is -4.55. The van der Waals surface area contributed by atoms with Crippen molar-refractivity contribution in [2.45, 2.75) is 25.6 Å². The quantitative estimate of drug-likeness (QED) is 0.878. The molecule has 128 valence electrons. The van der Waals surface area contributed by atoms with E-state index in [4.69, 9.17) is 15.1 Å². The van der Waals surface area contributed by atoms with E-state index < -0.39 is 11.9 Å². The first-order valence-corrected chi connectivity index (χ1v) is 7.20. The zero-order valence-corrected chi connectivity index (χ0v) is 13.0. The normalized spacial score (nSPS) is 11.3. The zero-order chi connectivity index (χ0) is 17.7. The Balaban J connectivity index is 2.30. The Hall–Kier alpha value is -2.53. The number of nitriles is 1. The molecule has 0 aliphatic rings. The Kier molecular flexibility index (Phi) is 5.46. The minimum absolute atomic E-state index is 0.0468. The van der Waals surface area contributed by atoms with Crippen molar-refractivity contribution >= 4 is 0 Å². The van der Waals surface area contributed by atoms with Gasteiger partial charge in [0.15, 0.2) is 5.69 Å². The first-order valence-electron chi connectivity index (χ1n) is 7.20. The van der Waals surface area contributed by atoms with Crippen molar-refractivity contribution in [1.82, 2.24) is 9.78 Å². The molecule has 0 radical (unpaired) electrons. The third-order valence-electron chi connectivity index (χ3n) is 3.44. The summed E-state index contributed by atoms with van der Waals surface area (Å²) in [6, 6.07) is 6.80. The van der Waals surface area contributed by atoms with Gasteiger partial charge in [0.1, 0.15) is 11.8 Å². The molecule has 0 saturated carbocycles. The molecule has 5 nitrogen and oxygen atoms in total. The summed E-state index contributed by atoms with van der Waals surface area (Å²) in [4.78, 5) is 0. The highest BCUT2D eigenvalue weighted by atomic mass is 19.4. The van der Waals surface area contributed by atoms with E-state index in [1.54, 1.807) is 18.2 Å². The van der Waals surface area contributed by atoms with E-state index in [0.29, 0.717) is 16.9 Å². The van der Waals surface area contributed by atoms with Gasteiger partial charge in [-0.3, -0.25) is 4.68 Å². The van der Waals surface area contributed by atoms with Crippen molar-refractivity contribution in [1.29, 1.82) is 5.26 Å². The van der Waals surface area contributed by atoms with Gasteiger partial charge in [-0.15, -0.1) is 0 Å². The number of aromatic nitrogens is 2. The first-order chi connectivity index (χ1) is 11.4. The van der Waals surface area contributed by atoms with Crippen LogP contribution in [0.4, 0.5) is 13.2 Å². The lowest BCUT2D eigenvalue weighted by Crippen LogP contribution is -2.10. The molecule has 1 heterocycles. The van der Waals surface area contributed by atoms with Crippen molar-refractivity contribution in [2.24, 2.45) is 0 Å². The van der Waals surface area contributed by atoms with E-state index in [0.717, 1.165) is 0 Å². The lowest BCUT2D eigenvalue weighted by molar-refractivity contribution is -0.142. The maximum atomic E-state index is 13.0. The SMILES string of the molecule is COc1ccc(Cn2cc(CCCO)c(C(F)(F)F)n2)cc1C#N. The zero-order valence-electron chi connectivity index (χ0n) is 13.0. The largest absolute Gasteiger partial charge is 0.495 e. The number of methoxy groups -OCH3 is 1. The summed E-state index contributed by atoms with van der Waals surface area (Å²) in [5, 5.41) is 21.5. The number of hydrogen-bond acceptors (Lipinski definition) is 4. The summed E-state index contributed by atoms with van der Waals surface area (Å²) in [5.41, 5.74) is 0.0477. The molecular weight excluding hydrogens is 323 g/mol. The van der Waals surface area contributed by atoms with E-state index in [2.05, 4.69) is 5.10 Å². The maximum Gasteiger partial charge on any atom is 0.435 e. The fourth-order valence-electron chi connectivity index (χ4n) is 2.36. The van der Waals surface area contributed by atoms with Crippen molar-refractivity contribution < 1.29 is 23.0 Å². The second-order valence-electron chi connectivity index (χ2n) is 5.17. The van der Waals surface area contributed by atoms with Crippen LogP contribution in [-0.2, 0) is 19.1 Å². The van der Waals surface area contributed by atoms with E-state index in [9.17, 15) is 13.2 Å². The topological polar surface area (TPSA) is 71.1 Å². The van der Waals surface area contributed by atoms with Crippen LogP contribution in [0.3, 0.4) is 0 Å². The predicted molar refractivity (Wildman–Crippen MR) is 79.4 cm³/mol. The lowest BCUT2D eigenvalue weighted by atomic mass is 10.1. The first kappa shape index (κ1) is 17.8. The van der Waals surface area contributed by atoms with Gasteiger partial charge in [-0.2, -0.15) is 23.5 Å². The molecule has 0 saturated heterocycles. The number of halogens is 3. The fraction of sp³-hybridized carbons (Fsp3) is 0.375. The summed E-state index contributed by atoms with van der Waals surface area (Å²) < 4.78 is 45.4. The van der Waals surface area contributed by atoms with Gasteiger partial charge in [0.25, 0.3) is 0 Å². The van der Waals surface area contributed by atoms with Crippen LogP contribution in [0.2, 0.25) is 0 Å². The highest BCUT2D eigenvalue weighted by molar-refractivity contribution is 5.45. The minimum Gasteiger partial charge on any atom is -0.495 e. The second-order valence-corrected chi connectivity index (χ2v) is 5.17. The van der Waals surface area contributed by atoms with E-state index >= 15 is 0 Å². The van der Waals surface area contributed by atoms with Gasteiger partial charge in [0, 0.05) is 18.4 Å². The number of hydrogen-bond donors (Lipinski definition) is 1. The van der Waals surface area contributed by atoms with E-state index in [1.165, 1.54) is 18.0 Å². The van der Waals surface area contributed by atoms with Crippen molar-refractivity contribution in [3.05, 3.63) is 46.8 Å². The number of nitrogens with zero attached hydrogens (tertiary/aromatic N) is 3. The Bertz CT molecular complexity index is 748. The van der Waals surface area contributed by atoms with E-state index in [1.807, 2.05) is 6.07 Å². The van der Waals surface area contributed by atoms with Crippen molar-refractivity contribution in [3.63, 3.8) is 0 Å². The highest BCUT2D eigenvalue weighted by Gasteiger charge is 2.36. The summed E-state index contributed by atoms with van der Waals surface area (Å²) in [6.07, 6.45) is -2.89. The summed E-state index contributed by atoms with van der Waals surface area (Å²) in [5.74, 6) is 0.404. The average Bonchev–Trinajstić information content (AvgIpc) is 2.95. The summed E-state index contributed by atoms with van der Waals surface area (Å²) in [6.45, 7) is -0.0899. The van der Waals surface area contributed by atoms with Crippen LogP contribution in [0.1, 0.15) is 28.8 Å². The molecule has 1 N–H and O–H groups in total. The van der Waals surface area contributed by atoms with Gasteiger partial charge in [-0.25, -0.2) is 0 Å².